The maximum absolute atomic E-state index is 11.5. The number of hydrogen-bond donors (Lipinski definition) is 5. The summed E-state index contributed by atoms with van der Waals surface area (Å²) in [7, 11) is 0. The van der Waals surface area contributed by atoms with E-state index in [2.05, 4.69) is 17.4 Å². The minimum atomic E-state index is -5.08. The van der Waals surface area contributed by atoms with E-state index >= 15 is 0 Å². The van der Waals surface area contributed by atoms with Gasteiger partial charge in [0.25, 0.3) is 0 Å². The van der Waals surface area contributed by atoms with Crippen molar-refractivity contribution >= 4 is 29.2 Å². The van der Waals surface area contributed by atoms with Crippen LogP contribution in [0.3, 0.4) is 0 Å². The van der Waals surface area contributed by atoms with E-state index in [9.17, 15) is 31.1 Å². The van der Waals surface area contributed by atoms with Gasteiger partial charge in [0.15, 0.2) is 0 Å². The van der Waals surface area contributed by atoms with Crippen molar-refractivity contribution in [2.75, 3.05) is 19.6 Å². The number of hydrogen-bond acceptors (Lipinski definition) is 6. The Morgan fingerprint density at radius 1 is 0.886 bits per heavy atom. The second-order valence-corrected chi connectivity index (χ2v) is 8.36. The average molecular weight is 540 g/mol. The summed E-state index contributed by atoms with van der Waals surface area (Å²) in [5, 5.41) is 17.2. The molecule has 0 spiro atoms. The fraction of sp³-hybridized carbons (Fsp3) is 0.650. The molecule has 204 valence electrons. The number of carboxylic acids is 2. The minimum Gasteiger partial charge on any atom is -0.475 e. The first-order valence-electron chi connectivity index (χ1n) is 10.4. The smallest absolute Gasteiger partial charge is 0.475 e. The molecule has 0 aliphatic rings. The van der Waals surface area contributed by atoms with Crippen LogP contribution in [0.2, 0.25) is 0 Å². The molecule has 0 bridgehead atoms. The first kappa shape index (κ1) is 34.8. The Kier molecular flexibility index (Phi) is 17.8. The van der Waals surface area contributed by atoms with Crippen molar-refractivity contribution in [2.45, 2.75) is 57.8 Å². The highest BCUT2D eigenvalue weighted by molar-refractivity contribution is 7.11. The maximum atomic E-state index is 11.5. The highest BCUT2D eigenvalue weighted by Crippen LogP contribution is 2.20. The van der Waals surface area contributed by atoms with Gasteiger partial charge in [-0.1, -0.05) is 6.92 Å². The third-order valence-electron chi connectivity index (χ3n) is 4.03. The Bertz CT molecular complexity index is 732. The van der Waals surface area contributed by atoms with Crippen molar-refractivity contribution in [3.63, 3.8) is 0 Å². The predicted octanol–water partition coefficient (Wildman–Crippen LogP) is 3.33. The summed E-state index contributed by atoms with van der Waals surface area (Å²) in [6.45, 7) is 3.80. The van der Waals surface area contributed by atoms with E-state index in [1.54, 1.807) is 0 Å². The lowest BCUT2D eigenvalue weighted by molar-refractivity contribution is -0.193. The number of carboxylic acid groups (broad SMARTS) is 2. The number of unbranched alkanes of at least 4 members (excludes halogenated alkanes) is 2. The van der Waals surface area contributed by atoms with Crippen LogP contribution in [0.1, 0.15) is 42.4 Å². The molecule has 1 aromatic heterocycles. The Morgan fingerprint density at radius 3 is 1.63 bits per heavy atom. The molecule has 0 aliphatic carbocycles. The topological polar surface area (TPSA) is 156 Å². The van der Waals surface area contributed by atoms with Crippen LogP contribution in [0.15, 0.2) is 12.1 Å². The van der Waals surface area contributed by atoms with Gasteiger partial charge in [-0.25, -0.2) is 9.59 Å². The van der Waals surface area contributed by atoms with Gasteiger partial charge in [0, 0.05) is 28.8 Å². The number of nitrogens with two attached hydrogens (primary N) is 2. The SMILES string of the molecule is CC(CN)C(=O)NCCCCc1ccc(CCCCN)s1.O=C(O)C(F)(F)F.O=C(O)C(F)(F)F. The largest absolute Gasteiger partial charge is 0.490 e. The third kappa shape index (κ3) is 19.6. The number of rotatable bonds is 11. The third-order valence-corrected chi connectivity index (χ3v) is 5.23. The molecule has 1 heterocycles. The lowest BCUT2D eigenvalue weighted by Gasteiger charge is -2.09. The van der Waals surface area contributed by atoms with Gasteiger partial charge in [-0.05, 0) is 57.2 Å². The van der Waals surface area contributed by atoms with Gasteiger partial charge in [0.2, 0.25) is 5.91 Å². The second kappa shape index (κ2) is 18.0. The molecule has 0 aromatic carbocycles. The van der Waals surface area contributed by atoms with Gasteiger partial charge in [-0.2, -0.15) is 26.3 Å². The molecule has 1 atom stereocenters. The molecular weight excluding hydrogens is 508 g/mol. The number of aliphatic carboxylic acids is 2. The normalized spacial score (nSPS) is 11.9. The van der Waals surface area contributed by atoms with Crippen LogP contribution in [-0.2, 0) is 27.2 Å². The average Bonchev–Trinajstić information content (AvgIpc) is 3.20. The molecule has 0 saturated carbocycles. The zero-order valence-electron chi connectivity index (χ0n) is 19.0. The second-order valence-electron chi connectivity index (χ2n) is 7.10. The van der Waals surface area contributed by atoms with E-state index in [1.807, 2.05) is 18.3 Å². The fourth-order valence-electron chi connectivity index (χ4n) is 2.05. The van der Waals surface area contributed by atoms with Crippen molar-refractivity contribution < 1.29 is 50.9 Å². The molecule has 8 nitrogen and oxygen atoms in total. The summed E-state index contributed by atoms with van der Waals surface area (Å²) >= 11 is 1.91. The molecule has 1 amide bonds. The van der Waals surface area contributed by atoms with E-state index in [1.165, 1.54) is 16.2 Å². The maximum Gasteiger partial charge on any atom is 0.490 e. The predicted molar refractivity (Wildman–Crippen MR) is 118 cm³/mol. The number of carbonyl (C=O) groups excluding carboxylic acids is 1. The molecule has 1 rings (SSSR count). The van der Waals surface area contributed by atoms with Crippen molar-refractivity contribution in [3.05, 3.63) is 21.9 Å². The number of amides is 1. The zero-order valence-corrected chi connectivity index (χ0v) is 19.9. The van der Waals surface area contributed by atoms with Crippen molar-refractivity contribution in [1.82, 2.24) is 5.32 Å². The molecule has 0 radical (unpaired) electrons. The first-order valence-corrected chi connectivity index (χ1v) is 11.2. The number of aryl methyl sites for hydroxylation is 2. The lowest BCUT2D eigenvalue weighted by Crippen LogP contribution is -2.33. The Morgan fingerprint density at radius 2 is 1.29 bits per heavy atom. The van der Waals surface area contributed by atoms with Gasteiger partial charge in [0.1, 0.15) is 0 Å². The molecule has 0 aliphatic heterocycles. The first-order chi connectivity index (χ1) is 16.1. The van der Waals surface area contributed by atoms with Gasteiger partial charge >= 0.3 is 24.3 Å². The van der Waals surface area contributed by atoms with Crippen molar-refractivity contribution in [2.24, 2.45) is 17.4 Å². The van der Waals surface area contributed by atoms with Gasteiger partial charge in [-0.15, -0.1) is 11.3 Å². The number of nitrogens with one attached hydrogen (secondary N) is 1. The number of halogens is 6. The van der Waals surface area contributed by atoms with Crippen LogP contribution < -0.4 is 16.8 Å². The summed E-state index contributed by atoms with van der Waals surface area (Å²) in [5.41, 5.74) is 11.0. The van der Waals surface area contributed by atoms with Crippen molar-refractivity contribution in [1.29, 1.82) is 0 Å². The van der Waals surface area contributed by atoms with E-state index in [-0.39, 0.29) is 11.8 Å². The molecule has 0 fully saturated rings. The summed E-state index contributed by atoms with van der Waals surface area (Å²) in [4.78, 5) is 32.2. The van der Waals surface area contributed by atoms with E-state index in [4.69, 9.17) is 31.3 Å². The minimum absolute atomic E-state index is 0.0656. The highest BCUT2D eigenvalue weighted by Gasteiger charge is 2.38. The van der Waals surface area contributed by atoms with Crippen LogP contribution in [0.25, 0.3) is 0 Å². The van der Waals surface area contributed by atoms with E-state index < -0.39 is 24.3 Å². The summed E-state index contributed by atoms with van der Waals surface area (Å²) in [6, 6.07) is 4.47. The number of alkyl halides is 6. The van der Waals surface area contributed by atoms with Gasteiger partial charge < -0.3 is 27.0 Å². The van der Waals surface area contributed by atoms with E-state index in [0.29, 0.717) is 6.54 Å². The van der Waals surface area contributed by atoms with Crippen LogP contribution in [0.4, 0.5) is 26.3 Å². The Hall–Kier alpha value is -2.39. The Balaban J connectivity index is 0. The van der Waals surface area contributed by atoms with Crippen LogP contribution in [0.5, 0.6) is 0 Å². The van der Waals surface area contributed by atoms with Crippen LogP contribution >= 0.6 is 11.3 Å². The molecule has 1 aromatic rings. The number of thiophene rings is 1. The summed E-state index contributed by atoms with van der Waals surface area (Å²) < 4.78 is 63.5. The molecule has 35 heavy (non-hydrogen) atoms. The van der Waals surface area contributed by atoms with Gasteiger partial charge in [0.05, 0.1) is 0 Å². The van der Waals surface area contributed by atoms with Crippen LogP contribution in [0, 0.1) is 5.92 Å². The molecule has 0 saturated heterocycles. The van der Waals surface area contributed by atoms with Crippen LogP contribution in [-0.4, -0.2) is 60.0 Å². The fourth-order valence-corrected chi connectivity index (χ4v) is 3.15. The Labute approximate surface area is 202 Å². The highest BCUT2D eigenvalue weighted by atomic mass is 32.1. The summed E-state index contributed by atoms with van der Waals surface area (Å²) in [6.07, 6.45) is -3.50. The van der Waals surface area contributed by atoms with E-state index in [0.717, 1.165) is 45.2 Å². The summed E-state index contributed by atoms with van der Waals surface area (Å²) in [5.74, 6) is -5.53. The van der Waals surface area contributed by atoms with Crippen molar-refractivity contribution in [3.8, 4) is 0 Å². The molecule has 15 heteroatoms. The quantitative estimate of drug-likeness (QED) is 0.213. The number of carbonyl (C=O) groups is 3. The monoisotopic (exact) mass is 539 g/mol. The zero-order chi connectivity index (χ0) is 27.7. The lowest BCUT2D eigenvalue weighted by atomic mass is 10.1. The van der Waals surface area contributed by atoms with Gasteiger partial charge in [-0.3, -0.25) is 4.79 Å². The molecular formula is C20H31F6N3O5S. The molecule has 1 unspecified atom stereocenters. The standard InChI is InChI=1S/C16H29N3OS.2C2HF3O2/c1-13(12-18)16(20)19-11-5-3-7-15-9-8-14(21-15)6-2-4-10-17;2*3-2(4,5)1(6)7/h8-9,13H,2-7,10-12,17-18H2,1H3,(H,19,20);2*(H,6,7). The molecule has 7 N–H and O–H groups in total.